The highest BCUT2D eigenvalue weighted by Crippen LogP contribution is 2.08. The first kappa shape index (κ1) is 12.6. The lowest BCUT2D eigenvalue weighted by Gasteiger charge is -2.01. The van der Waals surface area contributed by atoms with Crippen LogP contribution in [0.5, 0.6) is 0 Å². The fraction of sp³-hybridized carbons (Fsp3) is 0.200. The average molecular weight is 289 g/mol. The van der Waals surface area contributed by atoms with E-state index in [1.165, 1.54) is 24.3 Å². The van der Waals surface area contributed by atoms with Crippen molar-refractivity contribution in [3.05, 3.63) is 30.1 Å². The van der Waals surface area contributed by atoms with Crippen molar-refractivity contribution < 1.29 is 13.9 Å². The predicted molar refractivity (Wildman–Crippen MR) is 63.0 cm³/mol. The normalized spacial score (nSPS) is 11.1. The second-order valence-electron chi connectivity index (χ2n) is 2.74. The van der Waals surface area contributed by atoms with Crippen LogP contribution in [0.15, 0.2) is 29.4 Å². The molecule has 0 aliphatic heterocycles. The molecule has 0 fully saturated rings. The van der Waals surface area contributed by atoms with Gasteiger partial charge in [0.2, 0.25) is 4.62 Å². The summed E-state index contributed by atoms with van der Waals surface area (Å²) in [7, 11) is 0. The number of benzene rings is 1. The van der Waals surface area contributed by atoms with Gasteiger partial charge < -0.3 is 4.74 Å². The third-order valence-electron chi connectivity index (χ3n) is 1.57. The molecule has 0 unspecified atom stereocenters. The third-order valence-corrected chi connectivity index (χ3v) is 2.07. The van der Waals surface area contributed by atoms with E-state index in [0.717, 1.165) is 0 Å². The molecule has 0 amide bonds. The van der Waals surface area contributed by atoms with E-state index in [9.17, 15) is 9.18 Å². The molecule has 1 rings (SSSR count). The topological polar surface area (TPSA) is 50.7 Å². The van der Waals surface area contributed by atoms with Crippen LogP contribution in [0.25, 0.3) is 0 Å². The Balaban J connectivity index is 2.58. The largest absolute Gasteiger partial charge is 0.461 e. The Morgan fingerprint density at radius 3 is 2.69 bits per heavy atom. The summed E-state index contributed by atoms with van der Waals surface area (Å²) in [5.74, 6) is -0.893. The molecular formula is C10H10BrFN2O2. The number of anilines is 1. The molecule has 0 aliphatic rings. The predicted octanol–water partition coefficient (Wildman–Crippen LogP) is 2.51. The van der Waals surface area contributed by atoms with E-state index in [-0.39, 0.29) is 17.0 Å². The maximum Gasteiger partial charge on any atom is 0.366 e. The number of rotatable bonds is 4. The van der Waals surface area contributed by atoms with E-state index < -0.39 is 5.97 Å². The molecule has 0 atom stereocenters. The standard InChI is InChI=1S/C10H10BrFN2O2/c1-2-16-10(15)9(11)14-13-8-5-3-7(12)4-6-8/h3-6,13H,2H2,1H3. The van der Waals surface area contributed by atoms with Crippen molar-refractivity contribution in [2.24, 2.45) is 5.10 Å². The van der Waals surface area contributed by atoms with Gasteiger partial charge in [-0.25, -0.2) is 9.18 Å². The van der Waals surface area contributed by atoms with E-state index in [1.807, 2.05) is 0 Å². The van der Waals surface area contributed by atoms with Gasteiger partial charge in [-0.15, -0.1) is 0 Å². The summed E-state index contributed by atoms with van der Waals surface area (Å²) in [6.45, 7) is 1.98. The number of hydrogen-bond donors (Lipinski definition) is 1. The smallest absolute Gasteiger partial charge is 0.366 e. The number of carbonyl (C=O) groups is 1. The maximum atomic E-state index is 12.6. The number of nitrogens with zero attached hydrogens (tertiary/aromatic N) is 1. The number of halogens is 2. The van der Waals surface area contributed by atoms with E-state index in [2.05, 4.69) is 26.5 Å². The number of carbonyl (C=O) groups excluding carboxylic acids is 1. The van der Waals surface area contributed by atoms with Crippen molar-refractivity contribution >= 4 is 32.2 Å². The van der Waals surface area contributed by atoms with Gasteiger partial charge in [-0.1, -0.05) is 0 Å². The molecule has 0 aliphatic carbocycles. The van der Waals surface area contributed by atoms with E-state index in [0.29, 0.717) is 5.69 Å². The fourth-order valence-corrected chi connectivity index (χ4v) is 1.08. The van der Waals surface area contributed by atoms with Gasteiger partial charge in [0.1, 0.15) is 5.82 Å². The summed E-state index contributed by atoms with van der Waals surface area (Å²) in [4.78, 5) is 11.1. The molecule has 0 saturated heterocycles. The van der Waals surface area contributed by atoms with Crippen LogP contribution < -0.4 is 5.43 Å². The molecule has 4 nitrogen and oxygen atoms in total. The Morgan fingerprint density at radius 2 is 2.12 bits per heavy atom. The van der Waals surface area contributed by atoms with Crippen LogP contribution >= 0.6 is 15.9 Å². The van der Waals surface area contributed by atoms with Gasteiger partial charge in [0.25, 0.3) is 0 Å². The molecule has 0 aromatic heterocycles. The van der Waals surface area contributed by atoms with Crippen molar-refractivity contribution in [1.82, 2.24) is 0 Å². The molecule has 16 heavy (non-hydrogen) atoms. The number of hydrogen-bond acceptors (Lipinski definition) is 4. The lowest BCUT2D eigenvalue weighted by Crippen LogP contribution is -2.12. The number of esters is 1. The number of nitrogens with one attached hydrogen (secondary N) is 1. The van der Waals surface area contributed by atoms with Gasteiger partial charge >= 0.3 is 5.97 Å². The zero-order chi connectivity index (χ0) is 12.0. The molecule has 0 spiro atoms. The van der Waals surface area contributed by atoms with Gasteiger partial charge in [0.05, 0.1) is 12.3 Å². The highest BCUT2D eigenvalue weighted by molar-refractivity contribution is 9.19. The Morgan fingerprint density at radius 1 is 1.50 bits per heavy atom. The zero-order valence-corrected chi connectivity index (χ0v) is 10.1. The summed E-state index contributed by atoms with van der Waals surface area (Å²) in [6.07, 6.45) is 0. The minimum absolute atomic E-state index is 0.0266. The van der Waals surface area contributed by atoms with Gasteiger partial charge in [0, 0.05) is 0 Å². The summed E-state index contributed by atoms with van der Waals surface area (Å²) in [5, 5.41) is 3.73. The molecule has 0 radical (unpaired) electrons. The van der Waals surface area contributed by atoms with Crippen LogP contribution in [-0.2, 0) is 9.53 Å². The van der Waals surface area contributed by atoms with Crippen molar-refractivity contribution in [3.63, 3.8) is 0 Å². The Kier molecular flexibility index (Phi) is 4.91. The minimum atomic E-state index is -0.558. The van der Waals surface area contributed by atoms with Crippen LogP contribution in [0, 0.1) is 5.82 Å². The maximum absolute atomic E-state index is 12.6. The molecule has 1 aromatic carbocycles. The second kappa shape index (κ2) is 6.22. The van der Waals surface area contributed by atoms with Gasteiger partial charge in [0.15, 0.2) is 0 Å². The second-order valence-corrected chi connectivity index (χ2v) is 3.49. The molecule has 0 saturated carbocycles. The Labute approximate surface area is 101 Å². The third kappa shape index (κ3) is 3.98. The van der Waals surface area contributed by atoms with Crippen molar-refractivity contribution in [2.45, 2.75) is 6.92 Å². The number of ether oxygens (including phenoxy) is 1. The summed E-state index contributed by atoms with van der Waals surface area (Å²) in [5.41, 5.74) is 3.16. The lowest BCUT2D eigenvalue weighted by molar-refractivity contribution is -0.134. The molecule has 0 bridgehead atoms. The highest BCUT2D eigenvalue weighted by atomic mass is 79.9. The summed E-state index contributed by atoms with van der Waals surface area (Å²) >= 11 is 2.96. The SMILES string of the molecule is CCOC(=O)C(Br)=NNc1ccc(F)cc1. The first-order chi connectivity index (χ1) is 7.63. The van der Waals surface area contributed by atoms with Gasteiger partial charge in [-0.05, 0) is 47.1 Å². The monoisotopic (exact) mass is 288 g/mol. The molecule has 86 valence electrons. The molecule has 1 N–H and O–H groups in total. The van der Waals surface area contributed by atoms with Crippen LogP contribution in [0.1, 0.15) is 6.92 Å². The molecule has 0 heterocycles. The van der Waals surface area contributed by atoms with Crippen LogP contribution in [-0.4, -0.2) is 17.2 Å². The first-order valence-electron chi connectivity index (χ1n) is 4.55. The molecule has 6 heteroatoms. The first-order valence-corrected chi connectivity index (χ1v) is 5.34. The Bertz CT molecular complexity index is 392. The van der Waals surface area contributed by atoms with Crippen LogP contribution in [0.3, 0.4) is 0 Å². The average Bonchev–Trinajstić information content (AvgIpc) is 2.28. The summed E-state index contributed by atoms with van der Waals surface area (Å²) in [6, 6.07) is 5.58. The number of hydrazone groups is 1. The summed E-state index contributed by atoms with van der Waals surface area (Å²) < 4.78 is 17.3. The van der Waals surface area contributed by atoms with E-state index in [4.69, 9.17) is 4.74 Å². The van der Waals surface area contributed by atoms with E-state index >= 15 is 0 Å². The van der Waals surface area contributed by atoms with Crippen molar-refractivity contribution in [1.29, 1.82) is 0 Å². The molecule has 1 aromatic rings. The van der Waals surface area contributed by atoms with Crippen LogP contribution in [0.4, 0.5) is 10.1 Å². The van der Waals surface area contributed by atoms with Gasteiger partial charge in [-0.3, -0.25) is 5.43 Å². The Hall–Kier alpha value is -1.43. The van der Waals surface area contributed by atoms with Crippen molar-refractivity contribution in [2.75, 3.05) is 12.0 Å². The quantitative estimate of drug-likeness (QED) is 0.526. The zero-order valence-electron chi connectivity index (χ0n) is 8.54. The van der Waals surface area contributed by atoms with Crippen LogP contribution in [0.2, 0.25) is 0 Å². The molecular weight excluding hydrogens is 279 g/mol. The van der Waals surface area contributed by atoms with Crippen molar-refractivity contribution in [3.8, 4) is 0 Å². The lowest BCUT2D eigenvalue weighted by atomic mass is 10.3. The highest BCUT2D eigenvalue weighted by Gasteiger charge is 2.07. The van der Waals surface area contributed by atoms with Gasteiger partial charge in [-0.2, -0.15) is 5.10 Å². The van der Waals surface area contributed by atoms with E-state index in [1.54, 1.807) is 6.92 Å². The fourth-order valence-electron chi connectivity index (χ4n) is 0.874. The minimum Gasteiger partial charge on any atom is -0.461 e.